The van der Waals surface area contributed by atoms with Crippen molar-refractivity contribution in [3.8, 4) is 16.9 Å². The van der Waals surface area contributed by atoms with E-state index >= 15 is 0 Å². The van der Waals surface area contributed by atoms with Crippen molar-refractivity contribution in [1.82, 2.24) is 9.71 Å². The van der Waals surface area contributed by atoms with Gasteiger partial charge in [-0.25, -0.2) is 13.1 Å². The molecular formula is C20H18N2O3S. The van der Waals surface area contributed by atoms with Crippen LogP contribution in [-0.2, 0) is 16.4 Å². The Morgan fingerprint density at radius 2 is 1.62 bits per heavy atom. The third-order valence-electron chi connectivity index (χ3n) is 4.38. The van der Waals surface area contributed by atoms with Crippen molar-refractivity contribution in [1.29, 1.82) is 0 Å². The average Bonchev–Trinajstić information content (AvgIpc) is 2.68. The van der Waals surface area contributed by atoms with Crippen LogP contribution in [0.25, 0.3) is 11.1 Å². The fourth-order valence-corrected chi connectivity index (χ4v) is 4.28. The van der Waals surface area contributed by atoms with Gasteiger partial charge < -0.3 is 4.74 Å². The molecule has 3 aromatic rings. The number of nitrogens with one attached hydrogen (secondary N) is 1. The highest BCUT2D eigenvalue weighted by atomic mass is 32.2. The van der Waals surface area contributed by atoms with E-state index in [0.717, 1.165) is 22.4 Å². The minimum atomic E-state index is -3.60. The number of ether oxygens (including phenoxy) is 1. The summed E-state index contributed by atoms with van der Waals surface area (Å²) in [6, 6.07) is 18.0. The van der Waals surface area contributed by atoms with Gasteiger partial charge in [0.25, 0.3) is 0 Å². The molecule has 0 amide bonds. The van der Waals surface area contributed by atoms with E-state index in [1.165, 1.54) is 0 Å². The van der Waals surface area contributed by atoms with Crippen LogP contribution in [0.3, 0.4) is 0 Å². The molecule has 5 nitrogen and oxygen atoms in total. The smallest absolute Gasteiger partial charge is 0.240 e. The Morgan fingerprint density at radius 1 is 0.923 bits per heavy atom. The lowest BCUT2D eigenvalue weighted by Gasteiger charge is -2.25. The van der Waals surface area contributed by atoms with Gasteiger partial charge in [-0.1, -0.05) is 30.3 Å². The molecule has 132 valence electrons. The number of hydrogen-bond donors (Lipinski definition) is 1. The molecule has 2 aromatic carbocycles. The van der Waals surface area contributed by atoms with Crippen molar-refractivity contribution in [2.45, 2.75) is 17.4 Å². The summed E-state index contributed by atoms with van der Waals surface area (Å²) in [4.78, 5) is 4.24. The fourth-order valence-electron chi connectivity index (χ4n) is 3.06. The molecule has 1 N–H and O–H groups in total. The molecule has 0 saturated heterocycles. The first-order valence-corrected chi connectivity index (χ1v) is 9.84. The fraction of sp³-hybridized carbons (Fsp3) is 0.150. The van der Waals surface area contributed by atoms with Gasteiger partial charge in [-0.2, -0.15) is 0 Å². The summed E-state index contributed by atoms with van der Waals surface area (Å²) in [5, 5.41) is 0. The molecule has 1 aromatic heterocycles. The quantitative estimate of drug-likeness (QED) is 0.771. The standard InChI is InChI=1S/C20H18N2O3S/c23-26(24,22-18-13-17-3-1-2-4-20(17)25-14-18)19-7-5-15(6-8-19)16-9-11-21-12-10-16/h1-12,18,22H,13-14H2. The number of hydrogen-bond acceptors (Lipinski definition) is 4. The van der Waals surface area contributed by atoms with Crippen molar-refractivity contribution in [3.05, 3.63) is 78.6 Å². The SMILES string of the molecule is O=S(=O)(NC1COc2ccccc2C1)c1ccc(-c2ccncc2)cc1. The van der Waals surface area contributed by atoms with E-state index < -0.39 is 10.0 Å². The maximum atomic E-state index is 12.7. The second-order valence-corrected chi connectivity index (χ2v) is 7.92. The van der Waals surface area contributed by atoms with Gasteiger partial charge in [-0.15, -0.1) is 0 Å². The van der Waals surface area contributed by atoms with Gasteiger partial charge in [0.05, 0.1) is 10.9 Å². The summed E-state index contributed by atoms with van der Waals surface area (Å²) in [5.41, 5.74) is 2.95. The number of rotatable bonds is 4. The highest BCUT2D eigenvalue weighted by Crippen LogP contribution is 2.25. The van der Waals surface area contributed by atoms with Crippen LogP contribution in [0.5, 0.6) is 5.75 Å². The van der Waals surface area contributed by atoms with Gasteiger partial charge in [0, 0.05) is 12.4 Å². The molecule has 1 atom stereocenters. The van der Waals surface area contributed by atoms with Crippen LogP contribution in [-0.4, -0.2) is 26.1 Å². The lowest BCUT2D eigenvalue weighted by molar-refractivity contribution is 0.254. The minimum absolute atomic E-state index is 0.245. The summed E-state index contributed by atoms with van der Waals surface area (Å²) in [7, 11) is -3.60. The van der Waals surface area contributed by atoms with Crippen molar-refractivity contribution in [2.75, 3.05) is 6.61 Å². The Hall–Kier alpha value is -2.70. The zero-order valence-corrected chi connectivity index (χ0v) is 14.8. The third kappa shape index (κ3) is 3.47. The van der Waals surface area contributed by atoms with Crippen LogP contribution in [0.2, 0.25) is 0 Å². The Bertz CT molecular complexity index is 1000. The first-order valence-electron chi connectivity index (χ1n) is 8.35. The lowest BCUT2D eigenvalue weighted by atomic mass is 10.0. The molecule has 0 radical (unpaired) electrons. The van der Waals surface area contributed by atoms with E-state index in [1.54, 1.807) is 36.7 Å². The summed E-state index contributed by atoms with van der Waals surface area (Å²) < 4.78 is 33.8. The first kappa shape index (κ1) is 16.8. The second kappa shape index (κ2) is 6.90. The molecule has 0 saturated carbocycles. The maximum absolute atomic E-state index is 12.7. The normalized spacial score (nSPS) is 16.5. The molecule has 0 bridgehead atoms. The lowest BCUT2D eigenvalue weighted by Crippen LogP contribution is -2.42. The van der Waals surface area contributed by atoms with Crippen molar-refractivity contribution in [2.24, 2.45) is 0 Å². The molecular weight excluding hydrogens is 348 g/mol. The molecule has 2 heterocycles. The summed E-state index contributed by atoms with van der Waals surface area (Å²) in [6.07, 6.45) is 4.04. The molecule has 0 fully saturated rings. The van der Waals surface area contributed by atoms with Gasteiger partial charge in [-0.3, -0.25) is 4.98 Å². The molecule has 1 aliphatic rings. The van der Waals surface area contributed by atoms with Crippen LogP contribution in [0, 0.1) is 0 Å². The van der Waals surface area contributed by atoms with Crippen LogP contribution in [0.15, 0.2) is 78.0 Å². The molecule has 26 heavy (non-hydrogen) atoms. The predicted octanol–water partition coefficient (Wildman–Crippen LogP) is 3.03. The predicted molar refractivity (Wildman–Crippen MR) is 99.4 cm³/mol. The van der Waals surface area contributed by atoms with E-state index in [-0.39, 0.29) is 10.9 Å². The Morgan fingerprint density at radius 3 is 2.38 bits per heavy atom. The summed E-state index contributed by atoms with van der Waals surface area (Å²) >= 11 is 0. The average molecular weight is 366 g/mol. The highest BCUT2D eigenvalue weighted by Gasteiger charge is 2.25. The van der Waals surface area contributed by atoms with E-state index in [0.29, 0.717) is 13.0 Å². The Labute approximate surface area is 152 Å². The number of pyridine rings is 1. The topological polar surface area (TPSA) is 68.3 Å². The molecule has 0 spiro atoms. The number of benzene rings is 2. The van der Waals surface area contributed by atoms with E-state index in [2.05, 4.69) is 9.71 Å². The first-order chi connectivity index (χ1) is 12.6. The molecule has 1 aliphatic heterocycles. The molecule has 6 heteroatoms. The number of fused-ring (bicyclic) bond motifs is 1. The number of sulfonamides is 1. The van der Waals surface area contributed by atoms with Crippen LogP contribution >= 0.6 is 0 Å². The Kier molecular flexibility index (Phi) is 4.44. The number of para-hydroxylation sites is 1. The van der Waals surface area contributed by atoms with Gasteiger partial charge in [-0.05, 0) is 53.4 Å². The third-order valence-corrected chi connectivity index (χ3v) is 5.92. The van der Waals surface area contributed by atoms with Gasteiger partial charge in [0.15, 0.2) is 0 Å². The second-order valence-electron chi connectivity index (χ2n) is 6.20. The molecule has 0 aliphatic carbocycles. The zero-order chi connectivity index (χ0) is 18.0. The zero-order valence-electron chi connectivity index (χ0n) is 14.0. The molecule has 4 rings (SSSR count). The van der Waals surface area contributed by atoms with E-state index in [4.69, 9.17) is 4.74 Å². The summed E-state index contributed by atoms with van der Waals surface area (Å²) in [5.74, 6) is 0.824. The number of aromatic nitrogens is 1. The maximum Gasteiger partial charge on any atom is 0.240 e. The van der Waals surface area contributed by atoms with Crippen molar-refractivity contribution < 1.29 is 13.2 Å². The van der Waals surface area contributed by atoms with Crippen LogP contribution in [0.1, 0.15) is 5.56 Å². The van der Waals surface area contributed by atoms with Crippen molar-refractivity contribution >= 4 is 10.0 Å². The van der Waals surface area contributed by atoms with Gasteiger partial charge in [0.2, 0.25) is 10.0 Å². The van der Waals surface area contributed by atoms with Crippen molar-refractivity contribution in [3.63, 3.8) is 0 Å². The monoisotopic (exact) mass is 366 g/mol. The largest absolute Gasteiger partial charge is 0.492 e. The van der Waals surface area contributed by atoms with Gasteiger partial charge >= 0.3 is 0 Å². The van der Waals surface area contributed by atoms with E-state index in [1.807, 2.05) is 36.4 Å². The van der Waals surface area contributed by atoms with Crippen LogP contribution < -0.4 is 9.46 Å². The Balaban J connectivity index is 1.50. The van der Waals surface area contributed by atoms with Crippen LogP contribution in [0.4, 0.5) is 0 Å². The number of nitrogens with zero attached hydrogens (tertiary/aromatic N) is 1. The van der Waals surface area contributed by atoms with E-state index in [9.17, 15) is 8.42 Å². The summed E-state index contributed by atoms with van der Waals surface area (Å²) in [6.45, 7) is 0.325. The molecule has 1 unspecified atom stereocenters. The minimum Gasteiger partial charge on any atom is -0.492 e. The van der Waals surface area contributed by atoms with Gasteiger partial charge in [0.1, 0.15) is 12.4 Å². The highest BCUT2D eigenvalue weighted by molar-refractivity contribution is 7.89.